The summed E-state index contributed by atoms with van der Waals surface area (Å²) in [7, 11) is 1.76. The fraction of sp³-hybridized carbons (Fsp3) is 0.333. The predicted octanol–water partition coefficient (Wildman–Crippen LogP) is 4.16. The van der Waals surface area contributed by atoms with Crippen LogP contribution in [0.4, 0.5) is 0 Å². The minimum atomic E-state index is -0.586. The van der Waals surface area contributed by atoms with Crippen LogP contribution < -0.4 is 5.32 Å². The Morgan fingerprint density at radius 1 is 1.15 bits per heavy atom. The van der Waals surface area contributed by atoms with Crippen molar-refractivity contribution in [3.8, 4) is 0 Å². The Morgan fingerprint density at radius 3 is 2.44 bits per heavy atom. The summed E-state index contributed by atoms with van der Waals surface area (Å²) in [4.78, 5) is 27.2. The lowest BCUT2D eigenvalue weighted by atomic mass is 10.1. The van der Waals surface area contributed by atoms with Crippen LogP contribution in [0.1, 0.15) is 27.9 Å². The zero-order chi connectivity index (χ0) is 19.8. The summed E-state index contributed by atoms with van der Waals surface area (Å²) in [5.74, 6) is 0.339. The fourth-order valence-corrected chi connectivity index (χ4v) is 3.38. The highest BCUT2D eigenvalue weighted by atomic mass is 35.5. The lowest BCUT2D eigenvalue weighted by molar-refractivity contribution is -0.132. The van der Waals surface area contributed by atoms with Crippen molar-refractivity contribution in [3.63, 3.8) is 0 Å². The number of carbonyl (C=O) groups excluding carboxylic acids is 2. The molecule has 0 radical (unpaired) electrons. The van der Waals surface area contributed by atoms with Gasteiger partial charge in [0.05, 0.1) is 10.6 Å². The van der Waals surface area contributed by atoms with Crippen molar-refractivity contribution in [1.29, 1.82) is 0 Å². The van der Waals surface area contributed by atoms with Gasteiger partial charge in [-0.25, -0.2) is 0 Å². The van der Waals surface area contributed by atoms with Crippen LogP contribution in [-0.4, -0.2) is 41.8 Å². The van der Waals surface area contributed by atoms with Gasteiger partial charge in [0.1, 0.15) is 6.04 Å². The quantitative estimate of drug-likeness (QED) is 0.718. The molecule has 0 saturated heterocycles. The van der Waals surface area contributed by atoms with E-state index in [-0.39, 0.29) is 11.8 Å². The molecule has 0 heterocycles. The van der Waals surface area contributed by atoms with E-state index in [1.807, 2.05) is 37.4 Å². The maximum absolute atomic E-state index is 12.9. The van der Waals surface area contributed by atoms with Gasteiger partial charge in [0, 0.05) is 13.6 Å². The zero-order valence-electron chi connectivity index (χ0n) is 15.9. The Hall–Kier alpha value is -1.98. The van der Waals surface area contributed by atoms with Crippen molar-refractivity contribution in [2.24, 2.45) is 0 Å². The molecule has 2 rings (SSSR count). The van der Waals surface area contributed by atoms with Crippen LogP contribution in [0.15, 0.2) is 48.5 Å². The van der Waals surface area contributed by atoms with Gasteiger partial charge in [0.15, 0.2) is 0 Å². The smallest absolute Gasteiger partial charge is 0.253 e. The SMILES string of the molecule is CSCCC(NC(=O)c1ccccc1Cl)C(=O)N(C)Cc1ccc(C)cc1. The van der Waals surface area contributed by atoms with Crippen molar-refractivity contribution in [3.05, 3.63) is 70.2 Å². The minimum Gasteiger partial charge on any atom is -0.340 e. The van der Waals surface area contributed by atoms with Crippen molar-refractivity contribution in [1.82, 2.24) is 10.2 Å². The number of nitrogens with one attached hydrogen (secondary N) is 1. The van der Waals surface area contributed by atoms with E-state index in [4.69, 9.17) is 11.6 Å². The number of likely N-dealkylation sites (N-methyl/N-ethyl adjacent to an activating group) is 1. The molecule has 1 unspecified atom stereocenters. The molecule has 0 aliphatic rings. The maximum Gasteiger partial charge on any atom is 0.253 e. The molecule has 0 aromatic heterocycles. The Kier molecular flexibility index (Phi) is 8.20. The molecular formula is C21H25ClN2O2S. The highest BCUT2D eigenvalue weighted by Gasteiger charge is 2.25. The summed E-state index contributed by atoms with van der Waals surface area (Å²) in [5, 5.41) is 3.23. The normalized spacial score (nSPS) is 11.7. The standard InChI is InChI=1S/C21H25ClN2O2S/c1-15-8-10-16(11-9-15)14-24(2)21(26)19(12-13-27-3)23-20(25)17-6-4-5-7-18(17)22/h4-11,19H,12-14H2,1-3H3,(H,23,25). The van der Waals surface area contributed by atoms with E-state index >= 15 is 0 Å². The number of amides is 2. The summed E-state index contributed by atoms with van der Waals surface area (Å²) >= 11 is 7.75. The average Bonchev–Trinajstić information content (AvgIpc) is 2.66. The summed E-state index contributed by atoms with van der Waals surface area (Å²) in [6.45, 7) is 2.53. The van der Waals surface area contributed by atoms with Crippen LogP contribution in [0.25, 0.3) is 0 Å². The Bertz CT molecular complexity index is 780. The summed E-state index contributed by atoms with van der Waals surface area (Å²) < 4.78 is 0. The monoisotopic (exact) mass is 404 g/mol. The third-order valence-electron chi connectivity index (χ3n) is 4.25. The highest BCUT2D eigenvalue weighted by Crippen LogP contribution is 2.16. The van der Waals surface area contributed by atoms with Gasteiger partial charge in [-0.1, -0.05) is 53.6 Å². The molecule has 4 nitrogen and oxygen atoms in total. The first kappa shape index (κ1) is 21.3. The van der Waals surface area contributed by atoms with E-state index in [1.165, 1.54) is 5.56 Å². The minimum absolute atomic E-state index is 0.106. The number of aryl methyl sites for hydroxylation is 1. The first-order valence-corrected chi connectivity index (χ1v) is 10.5. The number of carbonyl (C=O) groups is 2. The van der Waals surface area contributed by atoms with Crippen molar-refractivity contribution < 1.29 is 9.59 Å². The Labute approximate surface area is 170 Å². The number of rotatable bonds is 8. The number of hydrogen-bond donors (Lipinski definition) is 1. The third kappa shape index (κ3) is 6.29. The molecule has 2 aromatic carbocycles. The molecule has 0 bridgehead atoms. The van der Waals surface area contributed by atoms with Gasteiger partial charge in [-0.15, -0.1) is 0 Å². The molecule has 2 amide bonds. The highest BCUT2D eigenvalue weighted by molar-refractivity contribution is 7.98. The number of nitrogens with zero attached hydrogens (tertiary/aromatic N) is 1. The largest absolute Gasteiger partial charge is 0.340 e. The second kappa shape index (κ2) is 10.4. The third-order valence-corrected chi connectivity index (χ3v) is 5.22. The van der Waals surface area contributed by atoms with E-state index in [1.54, 1.807) is 48.0 Å². The van der Waals surface area contributed by atoms with Crippen molar-refractivity contribution in [2.45, 2.75) is 25.9 Å². The van der Waals surface area contributed by atoms with Gasteiger partial charge >= 0.3 is 0 Å². The molecule has 1 N–H and O–H groups in total. The molecule has 27 heavy (non-hydrogen) atoms. The first-order chi connectivity index (χ1) is 12.9. The Morgan fingerprint density at radius 2 is 1.81 bits per heavy atom. The summed E-state index contributed by atoms with van der Waals surface area (Å²) in [5.41, 5.74) is 2.61. The molecule has 0 aliphatic heterocycles. The molecular weight excluding hydrogens is 380 g/mol. The number of thioether (sulfide) groups is 1. The number of benzene rings is 2. The molecule has 0 spiro atoms. The van der Waals surface area contributed by atoms with Crippen LogP contribution in [0, 0.1) is 6.92 Å². The topological polar surface area (TPSA) is 49.4 Å². The average molecular weight is 405 g/mol. The molecule has 144 valence electrons. The van der Waals surface area contributed by atoms with Crippen LogP contribution in [0.2, 0.25) is 5.02 Å². The molecule has 0 aliphatic carbocycles. The first-order valence-electron chi connectivity index (χ1n) is 8.77. The van der Waals surface area contributed by atoms with Gasteiger partial charge in [-0.2, -0.15) is 11.8 Å². The molecule has 0 saturated carbocycles. The van der Waals surface area contributed by atoms with E-state index in [0.29, 0.717) is 23.6 Å². The van der Waals surface area contributed by atoms with Gasteiger partial charge in [0.2, 0.25) is 5.91 Å². The van der Waals surface area contributed by atoms with Gasteiger partial charge in [0.25, 0.3) is 5.91 Å². The van der Waals surface area contributed by atoms with Crippen LogP contribution in [0.3, 0.4) is 0 Å². The van der Waals surface area contributed by atoms with Gasteiger partial charge in [-0.3, -0.25) is 9.59 Å². The van der Waals surface area contributed by atoms with E-state index in [2.05, 4.69) is 5.32 Å². The molecule has 1 atom stereocenters. The van der Waals surface area contributed by atoms with E-state index in [9.17, 15) is 9.59 Å². The lowest BCUT2D eigenvalue weighted by Crippen LogP contribution is -2.47. The number of halogens is 1. The van der Waals surface area contributed by atoms with Crippen LogP contribution in [-0.2, 0) is 11.3 Å². The molecule has 0 fully saturated rings. The second-order valence-electron chi connectivity index (χ2n) is 6.47. The van der Waals surface area contributed by atoms with Crippen molar-refractivity contribution in [2.75, 3.05) is 19.1 Å². The van der Waals surface area contributed by atoms with Crippen molar-refractivity contribution >= 4 is 35.2 Å². The maximum atomic E-state index is 12.9. The zero-order valence-corrected chi connectivity index (χ0v) is 17.4. The second-order valence-corrected chi connectivity index (χ2v) is 7.86. The number of hydrogen-bond acceptors (Lipinski definition) is 3. The van der Waals surface area contributed by atoms with Gasteiger partial charge < -0.3 is 10.2 Å². The lowest BCUT2D eigenvalue weighted by Gasteiger charge is -2.25. The van der Waals surface area contributed by atoms with E-state index < -0.39 is 6.04 Å². The summed E-state index contributed by atoms with van der Waals surface area (Å²) in [6.07, 6.45) is 2.54. The van der Waals surface area contributed by atoms with Crippen LogP contribution >= 0.6 is 23.4 Å². The van der Waals surface area contributed by atoms with E-state index in [0.717, 1.165) is 11.3 Å². The van der Waals surface area contributed by atoms with Crippen LogP contribution in [0.5, 0.6) is 0 Å². The fourth-order valence-electron chi connectivity index (χ4n) is 2.69. The molecule has 2 aromatic rings. The Balaban J connectivity index is 2.09. The summed E-state index contributed by atoms with van der Waals surface area (Å²) in [6, 6.07) is 14.3. The molecule has 6 heteroatoms. The predicted molar refractivity (Wildman–Crippen MR) is 113 cm³/mol. The van der Waals surface area contributed by atoms with Gasteiger partial charge in [-0.05, 0) is 43.0 Å².